The van der Waals surface area contributed by atoms with E-state index in [-0.39, 0.29) is 0 Å². The molecule has 1 N–H and O–H groups in total. The summed E-state index contributed by atoms with van der Waals surface area (Å²) in [6, 6.07) is 3.10. The zero-order valence-corrected chi connectivity index (χ0v) is 11.3. The predicted octanol–water partition coefficient (Wildman–Crippen LogP) is 2.64. The summed E-state index contributed by atoms with van der Waals surface area (Å²) < 4.78 is 0. The van der Waals surface area contributed by atoms with E-state index in [9.17, 15) is 0 Å². The summed E-state index contributed by atoms with van der Waals surface area (Å²) in [5.74, 6) is 0. The molecular formula is C14H22N2S. The smallest absolute Gasteiger partial charge is 0.0244 e. The highest BCUT2D eigenvalue weighted by Gasteiger charge is 2.19. The Morgan fingerprint density at radius 3 is 3.29 bits per heavy atom. The van der Waals surface area contributed by atoms with Crippen molar-refractivity contribution < 1.29 is 0 Å². The van der Waals surface area contributed by atoms with Crippen LogP contribution in [-0.4, -0.2) is 30.6 Å². The fraction of sp³-hybridized carbons (Fsp3) is 0.714. The van der Waals surface area contributed by atoms with Gasteiger partial charge in [0.2, 0.25) is 0 Å². The zero-order valence-electron chi connectivity index (χ0n) is 10.5. The van der Waals surface area contributed by atoms with Crippen LogP contribution in [0, 0.1) is 0 Å². The molecule has 0 bridgehead atoms. The normalized spacial score (nSPS) is 25.8. The maximum absolute atomic E-state index is 3.65. The van der Waals surface area contributed by atoms with Gasteiger partial charge in [0.25, 0.3) is 0 Å². The van der Waals surface area contributed by atoms with Gasteiger partial charge in [-0.15, -0.1) is 11.3 Å². The van der Waals surface area contributed by atoms with Crippen molar-refractivity contribution in [3.05, 3.63) is 21.9 Å². The first kappa shape index (κ1) is 11.7. The summed E-state index contributed by atoms with van der Waals surface area (Å²) >= 11 is 1.93. The SMILES string of the molecule is c1cc2c(s1)CCN(CCC1CCCCN1)C2. The minimum absolute atomic E-state index is 0.785. The first-order valence-electron chi connectivity index (χ1n) is 6.93. The minimum Gasteiger partial charge on any atom is -0.314 e. The van der Waals surface area contributed by atoms with Crippen LogP contribution in [0.25, 0.3) is 0 Å². The third-order valence-electron chi connectivity index (χ3n) is 4.09. The van der Waals surface area contributed by atoms with Crippen LogP contribution in [0.3, 0.4) is 0 Å². The largest absolute Gasteiger partial charge is 0.314 e. The maximum atomic E-state index is 3.65. The molecule has 1 atom stereocenters. The highest BCUT2D eigenvalue weighted by molar-refractivity contribution is 7.10. The van der Waals surface area contributed by atoms with Crippen molar-refractivity contribution in [2.24, 2.45) is 0 Å². The van der Waals surface area contributed by atoms with Gasteiger partial charge >= 0.3 is 0 Å². The van der Waals surface area contributed by atoms with Crippen molar-refractivity contribution in [1.29, 1.82) is 0 Å². The average Bonchev–Trinajstić information content (AvgIpc) is 2.85. The van der Waals surface area contributed by atoms with E-state index in [0.717, 1.165) is 6.04 Å². The molecule has 17 heavy (non-hydrogen) atoms. The molecule has 0 amide bonds. The van der Waals surface area contributed by atoms with Gasteiger partial charge < -0.3 is 5.32 Å². The zero-order chi connectivity index (χ0) is 11.5. The van der Waals surface area contributed by atoms with Crippen LogP contribution in [0.15, 0.2) is 11.4 Å². The molecular weight excluding hydrogens is 228 g/mol. The lowest BCUT2D eigenvalue weighted by atomic mass is 10.0. The molecule has 3 heteroatoms. The molecule has 1 aromatic heterocycles. The molecule has 0 saturated carbocycles. The van der Waals surface area contributed by atoms with E-state index in [1.165, 1.54) is 58.3 Å². The van der Waals surface area contributed by atoms with Crippen LogP contribution in [0.5, 0.6) is 0 Å². The summed E-state index contributed by atoms with van der Waals surface area (Å²) in [7, 11) is 0. The van der Waals surface area contributed by atoms with Crippen LogP contribution in [0.1, 0.15) is 36.1 Å². The topological polar surface area (TPSA) is 15.3 Å². The van der Waals surface area contributed by atoms with Gasteiger partial charge in [-0.25, -0.2) is 0 Å². The molecule has 2 aliphatic rings. The van der Waals surface area contributed by atoms with Crippen molar-refractivity contribution in [1.82, 2.24) is 10.2 Å². The second-order valence-electron chi connectivity index (χ2n) is 5.33. The number of hydrogen-bond donors (Lipinski definition) is 1. The predicted molar refractivity (Wildman–Crippen MR) is 73.6 cm³/mol. The lowest BCUT2D eigenvalue weighted by Crippen LogP contribution is -2.38. The average molecular weight is 250 g/mol. The molecule has 0 spiro atoms. The van der Waals surface area contributed by atoms with Crippen molar-refractivity contribution in [2.75, 3.05) is 19.6 Å². The molecule has 3 rings (SSSR count). The van der Waals surface area contributed by atoms with Gasteiger partial charge in [-0.05, 0) is 55.8 Å². The Morgan fingerprint density at radius 1 is 1.41 bits per heavy atom. The molecule has 0 aliphatic carbocycles. The molecule has 94 valence electrons. The van der Waals surface area contributed by atoms with Crippen LogP contribution in [0.2, 0.25) is 0 Å². The summed E-state index contributed by atoms with van der Waals surface area (Å²) in [4.78, 5) is 4.25. The number of nitrogens with one attached hydrogen (secondary N) is 1. The lowest BCUT2D eigenvalue weighted by Gasteiger charge is -2.30. The number of thiophene rings is 1. The number of rotatable bonds is 3. The van der Waals surface area contributed by atoms with E-state index in [1.807, 2.05) is 11.3 Å². The van der Waals surface area contributed by atoms with E-state index in [1.54, 1.807) is 10.4 Å². The molecule has 0 radical (unpaired) electrons. The van der Waals surface area contributed by atoms with Crippen LogP contribution < -0.4 is 5.32 Å². The number of piperidine rings is 1. The maximum Gasteiger partial charge on any atom is 0.0244 e. The lowest BCUT2D eigenvalue weighted by molar-refractivity contribution is 0.232. The molecule has 0 aromatic carbocycles. The standard InChI is InChI=1S/C14H22N2S/c1-2-7-15-13(3-1)4-8-16-9-5-14-12(11-16)6-10-17-14/h6,10,13,15H,1-5,7-9,11H2. The first-order valence-corrected chi connectivity index (χ1v) is 7.81. The fourth-order valence-corrected chi connectivity index (χ4v) is 3.90. The van der Waals surface area contributed by atoms with Crippen LogP contribution in [0.4, 0.5) is 0 Å². The number of hydrogen-bond acceptors (Lipinski definition) is 3. The van der Waals surface area contributed by atoms with E-state index in [2.05, 4.69) is 21.7 Å². The molecule has 1 saturated heterocycles. The highest BCUT2D eigenvalue weighted by atomic mass is 32.1. The second-order valence-corrected chi connectivity index (χ2v) is 6.33. The van der Waals surface area contributed by atoms with Gasteiger partial charge in [0.15, 0.2) is 0 Å². The third kappa shape index (κ3) is 2.90. The fourth-order valence-electron chi connectivity index (χ4n) is 3.01. The summed E-state index contributed by atoms with van der Waals surface area (Å²) in [5.41, 5.74) is 1.58. The van der Waals surface area contributed by atoms with Gasteiger partial charge in [-0.1, -0.05) is 6.42 Å². The first-order chi connectivity index (χ1) is 8.42. The number of nitrogens with zero attached hydrogens (tertiary/aromatic N) is 1. The Kier molecular flexibility index (Phi) is 3.79. The second kappa shape index (κ2) is 5.51. The van der Waals surface area contributed by atoms with E-state index in [0.29, 0.717) is 0 Å². The van der Waals surface area contributed by atoms with E-state index >= 15 is 0 Å². The summed E-state index contributed by atoms with van der Waals surface area (Å²) in [5, 5.41) is 5.90. The Hall–Kier alpha value is -0.380. The van der Waals surface area contributed by atoms with Gasteiger partial charge in [-0.3, -0.25) is 4.90 Å². The Labute approximate surface area is 108 Å². The summed E-state index contributed by atoms with van der Waals surface area (Å²) in [6.45, 7) is 4.96. The molecule has 2 aliphatic heterocycles. The van der Waals surface area contributed by atoms with Crippen molar-refractivity contribution >= 4 is 11.3 Å². The summed E-state index contributed by atoms with van der Waals surface area (Å²) in [6.07, 6.45) is 6.78. The van der Waals surface area contributed by atoms with Crippen molar-refractivity contribution in [3.8, 4) is 0 Å². The molecule has 2 nitrogen and oxygen atoms in total. The van der Waals surface area contributed by atoms with Crippen molar-refractivity contribution in [3.63, 3.8) is 0 Å². The van der Waals surface area contributed by atoms with Crippen LogP contribution in [-0.2, 0) is 13.0 Å². The Morgan fingerprint density at radius 2 is 2.41 bits per heavy atom. The van der Waals surface area contributed by atoms with Crippen LogP contribution >= 0.6 is 11.3 Å². The molecule has 1 aromatic rings. The Balaban J connectivity index is 1.47. The quantitative estimate of drug-likeness (QED) is 0.887. The minimum atomic E-state index is 0.785. The van der Waals surface area contributed by atoms with Gasteiger partial charge in [0.05, 0.1) is 0 Å². The molecule has 1 unspecified atom stereocenters. The molecule has 3 heterocycles. The van der Waals surface area contributed by atoms with Gasteiger partial charge in [0.1, 0.15) is 0 Å². The Bertz CT molecular complexity index is 355. The third-order valence-corrected chi connectivity index (χ3v) is 5.12. The highest BCUT2D eigenvalue weighted by Crippen LogP contribution is 2.24. The van der Waals surface area contributed by atoms with E-state index < -0.39 is 0 Å². The van der Waals surface area contributed by atoms with Gasteiger partial charge in [0, 0.05) is 24.0 Å². The van der Waals surface area contributed by atoms with Gasteiger partial charge in [-0.2, -0.15) is 0 Å². The monoisotopic (exact) mass is 250 g/mol. The van der Waals surface area contributed by atoms with E-state index in [4.69, 9.17) is 0 Å². The van der Waals surface area contributed by atoms with Crippen molar-refractivity contribution in [2.45, 2.75) is 44.7 Å². The molecule has 1 fully saturated rings. The number of fused-ring (bicyclic) bond motifs is 1.